The number of likely N-dealkylation sites (tertiary alicyclic amines) is 1. The Labute approximate surface area is 174 Å². The number of unbranched alkanes of at least 4 members (excludes halogenated alkanes) is 1. The predicted molar refractivity (Wildman–Crippen MR) is 115 cm³/mol. The zero-order valence-corrected chi connectivity index (χ0v) is 17.1. The Kier molecular flexibility index (Phi) is 5.97. The van der Waals surface area contributed by atoms with E-state index in [-0.39, 0.29) is 11.9 Å². The van der Waals surface area contributed by atoms with Crippen LogP contribution < -0.4 is 11.1 Å². The highest BCUT2D eigenvalue weighted by atomic mass is 35.5. The minimum absolute atomic E-state index is 0.142. The van der Waals surface area contributed by atoms with E-state index in [1.165, 1.54) is 0 Å². The van der Waals surface area contributed by atoms with Gasteiger partial charge < -0.3 is 20.9 Å². The zero-order valence-electron chi connectivity index (χ0n) is 16.3. The second kappa shape index (κ2) is 8.80. The van der Waals surface area contributed by atoms with Crippen molar-refractivity contribution in [1.82, 2.24) is 19.9 Å². The number of nitrogens with one attached hydrogen (secondary N) is 2. The molecule has 4 rings (SSSR count). The molecule has 2 aromatic heterocycles. The van der Waals surface area contributed by atoms with E-state index >= 15 is 0 Å². The van der Waals surface area contributed by atoms with E-state index in [0.717, 1.165) is 48.8 Å². The molecule has 1 aromatic carbocycles. The molecule has 1 aliphatic rings. The molecule has 152 valence electrons. The molecule has 0 aliphatic carbocycles. The Morgan fingerprint density at radius 3 is 3.07 bits per heavy atom. The molecule has 0 radical (unpaired) electrons. The third-order valence-electron chi connectivity index (χ3n) is 5.35. The summed E-state index contributed by atoms with van der Waals surface area (Å²) in [6.07, 6.45) is 6.94. The third-order valence-corrected chi connectivity index (χ3v) is 5.63. The van der Waals surface area contributed by atoms with Crippen LogP contribution in [0.4, 0.5) is 5.95 Å². The number of anilines is 1. The first-order valence-electron chi connectivity index (χ1n) is 10.1. The van der Waals surface area contributed by atoms with E-state index in [0.29, 0.717) is 29.6 Å². The first kappa shape index (κ1) is 19.7. The van der Waals surface area contributed by atoms with Gasteiger partial charge in [-0.25, -0.2) is 9.97 Å². The molecule has 29 heavy (non-hydrogen) atoms. The van der Waals surface area contributed by atoms with Gasteiger partial charge in [-0.3, -0.25) is 4.79 Å². The lowest BCUT2D eigenvalue weighted by molar-refractivity contribution is -0.368. The van der Waals surface area contributed by atoms with Crippen molar-refractivity contribution < 1.29 is 10.5 Å². The van der Waals surface area contributed by atoms with Crippen molar-refractivity contribution in [2.24, 2.45) is 0 Å². The second-order valence-corrected chi connectivity index (χ2v) is 7.83. The number of carbonyl (C=O) groups is 1. The smallest absolute Gasteiger partial charge is 0.223 e. The molecule has 5 N–H and O–H groups in total. The molecule has 1 amide bonds. The summed E-state index contributed by atoms with van der Waals surface area (Å²) in [6, 6.07) is 8.19. The van der Waals surface area contributed by atoms with E-state index in [9.17, 15) is 4.79 Å². The summed E-state index contributed by atoms with van der Waals surface area (Å²) < 4.78 is 0. The number of para-hydroxylation sites is 1. The van der Waals surface area contributed by atoms with Gasteiger partial charge in [0.05, 0.1) is 23.5 Å². The standard InChI is InChI=1S/C21H25ClN6O/c22-17-12-25-21(26-14-8-10-28(13-14)19(29)7-3-4-9-23)27-20(17)16-11-24-18-6-2-1-5-15(16)18/h1-2,5-6,11-12,14,24H,3-4,7-10,13,23H2,(H,25,26,27)/p+1/t14-/m1/s1. The van der Waals surface area contributed by atoms with Crippen LogP contribution in [0.2, 0.25) is 5.02 Å². The lowest BCUT2D eigenvalue weighted by Gasteiger charge is -2.17. The molecule has 1 aliphatic heterocycles. The van der Waals surface area contributed by atoms with Crippen LogP contribution in [0.15, 0.2) is 36.7 Å². The van der Waals surface area contributed by atoms with E-state index in [2.05, 4.69) is 26.0 Å². The molecule has 1 atom stereocenters. The van der Waals surface area contributed by atoms with Crippen molar-refractivity contribution in [3.8, 4) is 11.3 Å². The van der Waals surface area contributed by atoms with Gasteiger partial charge in [-0.15, -0.1) is 0 Å². The van der Waals surface area contributed by atoms with Gasteiger partial charge in [-0.1, -0.05) is 29.8 Å². The highest BCUT2D eigenvalue weighted by Gasteiger charge is 2.26. The molecular weight excluding hydrogens is 388 g/mol. The molecule has 8 heteroatoms. The van der Waals surface area contributed by atoms with Gasteiger partial charge in [0.25, 0.3) is 0 Å². The minimum atomic E-state index is 0.142. The van der Waals surface area contributed by atoms with E-state index in [1.807, 2.05) is 35.4 Å². The number of halogens is 1. The fraction of sp³-hybridized carbons (Fsp3) is 0.381. The van der Waals surface area contributed by atoms with Gasteiger partial charge in [0.1, 0.15) is 0 Å². The number of fused-ring (bicyclic) bond motifs is 1. The van der Waals surface area contributed by atoms with Gasteiger partial charge in [0, 0.05) is 48.2 Å². The topological polar surface area (TPSA) is 102 Å². The summed E-state index contributed by atoms with van der Waals surface area (Å²) in [5.41, 5.74) is 6.51. The molecule has 3 aromatic rings. The summed E-state index contributed by atoms with van der Waals surface area (Å²) in [4.78, 5) is 26.5. The lowest BCUT2D eigenvalue weighted by atomic mass is 10.1. The number of rotatable bonds is 7. The quantitative estimate of drug-likeness (QED) is 0.518. The summed E-state index contributed by atoms with van der Waals surface area (Å²) in [7, 11) is 0. The third kappa shape index (κ3) is 4.36. The maximum absolute atomic E-state index is 12.3. The van der Waals surface area contributed by atoms with Crippen LogP contribution in [0.5, 0.6) is 0 Å². The molecule has 1 fully saturated rings. The number of carbonyl (C=O) groups excluding carboxylic acids is 1. The molecule has 3 heterocycles. The fourth-order valence-electron chi connectivity index (χ4n) is 3.79. The largest absolute Gasteiger partial charge is 0.360 e. The summed E-state index contributed by atoms with van der Waals surface area (Å²) >= 11 is 6.41. The maximum Gasteiger partial charge on any atom is 0.223 e. The van der Waals surface area contributed by atoms with Crippen molar-refractivity contribution in [1.29, 1.82) is 0 Å². The van der Waals surface area contributed by atoms with Crippen molar-refractivity contribution >= 4 is 34.4 Å². The van der Waals surface area contributed by atoms with Gasteiger partial charge in [0.2, 0.25) is 11.9 Å². The Morgan fingerprint density at radius 2 is 2.21 bits per heavy atom. The van der Waals surface area contributed by atoms with Crippen LogP contribution in [0.1, 0.15) is 25.7 Å². The number of nitrogens with zero attached hydrogens (tertiary/aromatic N) is 3. The second-order valence-electron chi connectivity index (χ2n) is 7.42. The normalized spacial score (nSPS) is 16.5. The van der Waals surface area contributed by atoms with Crippen LogP contribution in [-0.2, 0) is 4.79 Å². The summed E-state index contributed by atoms with van der Waals surface area (Å²) in [6.45, 7) is 2.32. The molecule has 0 bridgehead atoms. The molecule has 7 nitrogen and oxygen atoms in total. The predicted octanol–water partition coefficient (Wildman–Crippen LogP) is 2.70. The Balaban J connectivity index is 1.46. The summed E-state index contributed by atoms with van der Waals surface area (Å²) in [5.74, 6) is 0.755. The van der Waals surface area contributed by atoms with E-state index in [4.69, 9.17) is 11.6 Å². The monoisotopic (exact) mass is 413 g/mol. The highest BCUT2D eigenvalue weighted by molar-refractivity contribution is 6.33. The van der Waals surface area contributed by atoms with Crippen molar-refractivity contribution in [2.45, 2.75) is 31.7 Å². The highest BCUT2D eigenvalue weighted by Crippen LogP contribution is 2.32. The number of amides is 1. The summed E-state index contributed by atoms with van der Waals surface area (Å²) in [5, 5.41) is 4.95. The number of aromatic amines is 1. The SMILES string of the molecule is [NH3+]CCCCC(=O)N1CC[C@@H](Nc2ncc(Cl)c(-c3c[nH]c4ccccc34)n2)C1. The zero-order chi connectivity index (χ0) is 20.2. The first-order chi connectivity index (χ1) is 14.2. The van der Waals surface area contributed by atoms with Crippen LogP contribution in [0.25, 0.3) is 22.2 Å². The molecular formula is C21H26ClN6O+. The number of hydrogen-bond acceptors (Lipinski definition) is 4. The Morgan fingerprint density at radius 1 is 1.34 bits per heavy atom. The average Bonchev–Trinajstić information content (AvgIpc) is 3.37. The number of H-pyrrole nitrogens is 1. The fourth-order valence-corrected chi connectivity index (χ4v) is 3.98. The van der Waals surface area contributed by atoms with Crippen LogP contribution in [-0.4, -0.2) is 51.4 Å². The number of quaternary nitrogens is 1. The van der Waals surface area contributed by atoms with Crippen molar-refractivity contribution in [2.75, 3.05) is 25.0 Å². The van der Waals surface area contributed by atoms with Crippen LogP contribution >= 0.6 is 11.6 Å². The number of hydrogen-bond donors (Lipinski definition) is 3. The number of aromatic nitrogens is 3. The van der Waals surface area contributed by atoms with Crippen molar-refractivity contribution in [3.05, 3.63) is 41.7 Å². The maximum atomic E-state index is 12.3. The lowest BCUT2D eigenvalue weighted by Crippen LogP contribution is -2.50. The Bertz CT molecular complexity index is 1000. The number of benzene rings is 1. The van der Waals surface area contributed by atoms with Gasteiger partial charge in [-0.05, 0) is 25.3 Å². The first-order valence-corrected chi connectivity index (χ1v) is 10.5. The van der Waals surface area contributed by atoms with Crippen molar-refractivity contribution in [3.63, 3.8) is 0 Å². The van der Waals surface area contributed by atoms with Gasteiger partial charge >= 0.3 is 0 Å². The molecule has 1 saturated heterocycles. The van der Waals surface area contributed by atoms with E-state index in [1.54, 1.807) is 6.20 Å². The molecule has 0 spiro atoms. The van der Waals surface area contributed by atoms with Gasteiger partial charge in [-0.2, -0.15) is 0 Å². The van der Waals surface area contributed by atoms with E-state index < -0.39 is 0 Å². The van der Waals surface area contributed by atoms with Gasteiger partial charge in [0.15, 0.2) is 0 Å². The van der Waals surface area contributed by atoms with Crippen LogP contribution in [0, 0.1) is 0 Å². The Hall–Kier alpha value is -2.64. The average molecular weight is 414 g/mol. The molecule has 0 unspecified atom stereocenters. The minimum Gasteiger partial charge on any atom is -0.360 e. The van der Waals surface area contributed by atoms with Crippen LogP contribution in [0.3, 0.4) is 0 Å². The molecule has 0 saturated carbocycles.